The maximum absolute atomic E-state index is 11.3. The number of ether oxygens (including phenoxy) is 1. The molecule has 1 aromatic heterocycles. The fourth-order valence-corrected chi connectivity index (χ4v) is 2.51. The van der Waals surface area contributed by atoms with Crippen molar-refractivity contribution in [2.45, 2.75) is 45.1 Å². The Hall–Kier alpha value is -1.65. The highest BCUT2D eigenvalue weighted by Crippen LogP contribution is 2.25. The van der Waals surface area contributed by atoms with Crippen LogP contribution in [-0.2, 0) is 4.74 Å². The summed E-state index contributed by atoms with van der Waals surface area (Å²) in [6.07, 6.45) is 9.36. The summed E-state index contributed by atoms with van der Waals surface area (Å²) < 4.78 is 4.60. The number of esters is 1. The van der Waals surface area contributed by atoms with E-state index >= 15 is 0 Å². The molecule has 5 nitrogen and oxygen atoms in total. The van der Waals surface area contributed by atoms with Crippen molar-refractivity contribution in [2.24, 2.45) is 5.92 Å². The van der Waals surface area contributed by atoms with Crippen LogP contribution in [0.25, 0.3) is 0 Å². The highest BCUT2D eigenvalue weighted by atomic mass is 16.5. The van der Waals surface area contributed by atoms with E-state index in [1.54, 1.807) is 6.20 Å². The molecule has 1 aromatic rings. The van der Waals surface area contributed by atoms with Gasteiger partial charge in [-0.05, 0) is 18.8 Å². The van der Waals surface area contributed by atoms with E-state index in [2.05, 4.69) is 26.9 Å². The molecule has 1 heterocycles. The summed E-state index contributed by atoms with van der Waals surface area (Å²) in [6.45, 7) is 2.28. The number of aromatic nitrogens is 2. The van der Waals surface area contributed by atoms with E-state index in [1.807, 2.05) is 0 Å². The molecule has 0 aliphatic heterocycles. The van der Waals surface area contributed by atoms with E-state index in [0.29, 0.717) is 12.0 Å². The lowest BCUT2D eigenvalue weighted by molar-refractivity contribution is 0.0593. The minimum atomic E-state index is -0.457. The van der Waals surface area contributed by atoms with E-state index in [1.165, 1.54) is 45.4 Å². The van der Waals surface area contributed by atoms with Gasteiger partial charge in [0.1, 0.15) is 5.82 Å². The Morgan fingerprint density at radius 3 is 2.74 bits per heavy atom. The maximum Gasteiger partial charge on any atom is 0.358 e. The molecule has 1 aliphatic carbocycles. The zero-order valence-corrected chi connectivity index (χ0v) is 11.6. The van der Waals surface area contributed by atoms with Gasteiger partial charge >= 0.3 is 5.97 Å². The number of nitrogens with one attached hydrogen (secondary N) is 1. The molecule has 104 valence electrons. The van der Waals surface area contributed by atoms with Crippen LogP contribution >= 0.6 is 0 Å². The van der Waals surface area contributed by atoms with Gasteiger partial charge in [0, 0.05) is 6.04 Å². The van der Waals surface area contributed by atoms with Crippen LogP contribution in [0.5, 0.6) is 0 Å². The molecule has 1 fully saturated rings. The Bertz CT molecular complexity index is 419. The molecule has 1 saturated carbocycles. The van der Waals surface area contributed by atoms with Crippen LogP contribution < -0.4 is 5.32 Å². The monoisotopic (exact) mass is 263 g/mol. The van der Waals surface area contributed by atoms with Crippen molar-refractivity contribution in [3.05, 3.63) is 18.1 Å². The number of hydrogen-bond acceptors (Lipinski definition) is 5. The first-order chi connectivity index (χ1) is 9.20. The lowest BCUT2D eigenvalue weighted by Gasteiger charge is -2.23. The molecular weight excluding hydrogens is 242 g/mol. The highest BCUT2D eigenvalue weighted by molar-refractivity contribution is 5.86. The van der Waals surface area contributed by atoms with Crippen LogP contribution in [0.4, 0.5) is 5.82 Å². The second kappa shape index (κ2) is 6.50. The third kappa shape index (κ3) is 3.66. The van der Waals surface area contributed by atoms with Gasteiger partial charge in [0.25, 0.3) is 0 Å². The Kier molecular flexibility index (Phi) is 4.71. The zero-order chi connectivity index (χ0) is 13.7. The Morgan fingerprint density at radius 2 is 2.05 bits per heavy atom. The minimum absolute atomic E-state index is 0.238. The highest BCUT2D eigenvalue weighted by Gasteiger charge is 2.20. The Balaban J connectivity index is 2.00. The number of methoxy groups -OCH3 is 1. The standard InChI is InChI=1S/C14H21N3O2/c1-10-6-4-3-5-7-11(10)17-13-9-15-12(8-16-13)14(18)19-2/h8-11H,3-7H2,1-2H3,(H,16,17). The van der Waals surface area contributed by atoms with Crippen LogP contribution in [0.1, 0.15) is 49.5 Å². The quantitative estimate of drug-likeness (QED) is 0.671. The van der Waals surface area contributed by atoms with Gasteiger partial charge in [-0.25, -0.2) is 14.8 Å². The van der Waals surface area contributed by atoms with E-state index < -0.39 is 5.97 Å². The van der Waals surface area contributed by atoms with Gasteiger partial charge in [-0.15, -0.1) is 0 Å². The van der Waals surface area contributed by atoms with Crippen molar-refractivity contribution in [3.8, 4) is 0 Å². The van der Waals surface area contributed by atoms with E-state index in [4.69, 9.17) is 0 Å². The molecule has 0 radical (unpaired) electrons. The van der Waals surface area contributed by atoms with Crippen LogP contribution in [0.3, 0.4) is 0 Å². The summed E-state index contributed by atoms with van der Waals surface area (Å²) in [6, 6.07) is 0.445. The van der Waals surface area contributed by atoms with Crippen molar-refractivity contribution in [2.75, 3.05) is 12.4 Å². The van der Waals surface area contributed by atoms with Gasteiger partial charge in [0.15, 0.2) is 5.69 Å². The molecule has 0 amide bonds. The molecule has 0 bridgehead atoms. The summed E-state index contributed by atoms with van der Waals surface area (Å²) in [5.41, 5.74) is 0.238. The Morgan fingerprint density at radius 1 is 1.26 bits per heavy atom. The molecule has 0 aromatic carbocycles. The smallest absolute Gasteiger partial charge is 0.358 e. The molecular formula is C14H21N3O2. The fraction of sp³-hybridized carbons (Fsp3) is 0.643. The number of carbonyl (C=O) groups excluding carboxylic acids is 1. The average molecular weight is 263 g/mol. The van der Waals surface area contributed by atoms with Crippen LogP contribution in [0.2, 0.25) is 0 Å². The lowest BCUT2D eigenvalue weighted by atomic mass is 9.97. The molecule has 5 heteroatoms. The predicted molar refractivity (Wildman–Crippen MR) is 73.0 cm³/mol. The van der Waals surface area contributed by atoms with Crippen molar-refractivity contribution >= 4 is 11.8 Å². The van der Waals surface area contributed by atoms with E-state index in [-0.39, 0.29) is 5.69 Å². The van der Waals surface area contributed by atoms with Gasteiger partial charge in [-0.2, -0.15) is 0 Å². The molecule has 0 saturated heterocycles. The van der Waals surface area contributed by atoms with Gasteiger partial charge < -0.3 is 10.1 Å². The summed E-state index contributed by atoms with van der Waals surface area (Å²) in [5.74, 6) is 0.915. The first-order valence-corrected chi connectivity index (χ1v) is 6.87. The normalized spacial score (nSPS) is 23.5. The topological polar surface area (TPSA) is 64.1 Å². The van der Waals surface area contributed by atoms with Crippen molar-refractivity contribution < 1.29 is 9.53 Å². The average Bonchev–Trinajstić information content (AvgIpc) is 2.64. The van der Waals surface area contributed by atoms with E-state index in [0.717, 1.165) is 5.82 Å². The number of rotatable bonds is 3. The van der Waals surface area contributed by atoms with Crippen LogP contribution in [-0.4, -0.2) is 29.1 Å². The van der Waals surface area contributed by atoms with Crippen LogP contribution in [0.15, 0.2) is 12.4 Å². The maximum atomic E-state index is 11.3. The molecule has 1 N–H and O–H groups in total. The van der Waals surface area contributed by atoms with Gasteiger partial charge in [0.2, 0.25) is 0 Å². The van der Waals surface area contributed by atoms with Crippen molar-refractivity contribution in [1.82, 2.24) is 9.97 Å². The Labute approximate surface area is 113 Å². The summed E-state index contributed by atoms with van der Waals surface area (Å²) >= 11 is 0. The molecule has 2 unspecified atom stereocenters. The summed E-state index contributed by atoms with van der Waals surface area (Å²) in [7, 11) is 1.34. The largest absolute Gasteiger partial charge is 0.464 e. The third-order valence-electron chi connectivity index (χ3n) is 3.74. The zero-order valence-electron chi connectivity index (χ0n) is 11.6. The molecule has 19 heavy (non-hydrogen) atoms. The number of anilines is 1. The van der Waals surface area contributed by atoms with Crippen molar-refractivity contribution in [1.29, 1.82) is 0 Å². The number of hydrogen-bond donors (Lipinski definition) is 1. The fourth-order valence-electron chi connectivity index (χ4n) is 2.51. The molecule has 1 aliphatic rings. The van der Waals surface area contributed by atoms with Crippen LogP contribution in [0, 0.1) is 5.92 Å². The van der Waals surface area contributed by atoms with Gasteiger partial charge in [0.05, 0.1) is 19.5 Å². The van der Waals surface area contributed by atoms with Gasteiger partial charge in [-0.1, -0.05) is 26.2 Å². The van der Waals surface area contributed by atoms with Crippen molar-refractivity contribution in [3.63, 3.8) is 0 Å². The van der Waals surface area contributed by atoms with Gasteiger partial charge in [-0.3, -0.25) is 0 Å². The molecule has 2 rings (SSSR count). The third-order valence-corrected chi connectivity index (χ3v) is 3.74. The SMILES string of the molecule is COC(=O)c1cnc(NC2CCCCCC2C)cn1. The lowest BCUT2D eigenvalue weighted by Crippen LogP contribution is -2.26. The number of carbonyl (C=O) groups is 1. The first kappa shape index (κ1) is 13.8. The first-order valence-electron chi connectivity index (χ1n) is 6.87. The second-order valence-electron chi connectivity index (χ2n) is 5.14. The molecule has 2 atom stereocenters. The molecule has 0 spiro atoms. The predicted octanol–water partition coefficient (Wildman–Crippen LogP) is 2.64. The second-order valence-corrected chi connectivity index (χ2v) is 5.14. The number of nitrogens with zero attached hydrogens (tertiary/aromatic N) is 2. The van der Waals surface area contributed by atoms with E-state index in [9.17, 15) is 4.79 Å². The summed E-state index contributed by atoms with van der Waals surface area (Å²) in [5, 5.41) is 3.43. The minimum Gasteiger partial charge on any atom is -0.464 e. The summed E-state index contributed by atoms with van der Waals surface area (Å²) in [4.78, 5) is 19.6.